The second-order valence-electron chi connectivity index (χ2n) is 4.10. The van der Waals surface area contributed by atoms with Crippen LogP contribution in [0.25, 0.3) is 0 Å². The van der Waals surface area contributed by atoms with Crippen molar-refractivity contribution in [1.29, 1.82) is 0 Å². The Kier molecular flexibility index (Phi) is 5.47. The fourth-order valence-electron chi connectivity index (χ4n) is 1.54. The molecule has 2 nitrogen and oxygen atoms in total. The van der Waals surface area contributed by atoms with Gasteiger partial charge in [0.05, 0.1) is 5.56 Å². The highest BCUT2D eigenvalue weighted by molar-refractivity contribution is 9.10. The molecular weight excluding hydrogens is 311 g/mol. The predicted molar refractivity (Wildman–Crippen MR) is 68.5 cm³/mol. The highest BCUT2D eigenvalue weighted by Gasteiger charge is 2.30. The predicted octanol–water partition coefficient (Wildman–Crippen LogP) is 4.04. The standard InChI is InChI=1S/C12H15BrF3NO/c1-8(3-2-6-18)17-11-5-4-9(7-10(11)13)12(14,15)16/h4-5,7-8,17-18H,2-3,6H2,1H3. The third kappa shape index (κ3) is 4.49. The Balaban J connectivity index is 2.74. The normalized spacial score (nSPS) is 13.4. The summed E-state index contributed by atoms with van der Waals surface area (Å²) in [4.78, 5) is 0. The minimum Gasteiger partial charge on any atom is -0.396 e. The van der Waals surface area contributed by atoms with Crippen molar-refractivity contribution < 1.29 is 18.3 Å². The van der Waals surface area contributed by atoms with Crippen molar-refractivity contribution in [3.63, 3.8) is 0 Å². The number of halogens is 4. The van der Waals surface area contributed by atoms with E-state index in [1.165, 1.54) is 6.07 Å². The van der Waals surface area contributed by atoms with Crippen LogP contribution in [0.1, 0.15) is 25.3 Å². The number of rotatable bonds is 5. The number of aliphatic hydroxyl groups is 1. The molecule has 0 saturated heterocycles. The van der Waals surface area contributed by atoms with Gasteiger partial charge in [0.25, 0.3) is 0 Å². The van der Waals surface area contributed by atoms with Crippen LogP contribution in [0, 0.1) is 0 Å². The maximum absolute atomic E-state index is 12.5. The second kappa shape index (κ2) is 6.43. The molecule has 0 heterocycles. The van der Waals surface area contributed by atoms with Gasteiger partial charge in [-0.05, 0) is 53.9 Å². The highest BCUT2D eigenvalue weighted by atomic mass is 79.9. The quantitative estimate of drug-likeness (QED) is 0.856. The molecule has 0 amide bonds. The Bertz CT molecular complexity index is 395. The smallest absolute Gasteiger partial charge is 0.396 e. The fraction of sp³-hybridized carbons (Fsp3) is 0.500. The van der Waals surface area contributed by atoms with Crippen LogP contribution < -0.4 is 5.32 Å². The fourth-order valence-corrected chi connectivity index (χ4v) is 2.04. The molecule has 1 unspecified atom stereocenters. The lowest BCUT2D eigenvalue weighted by Crippen LogP contribution is -2.16. The lowest BCUT2D eigenvalue weighted by Gasteiger charge is -2.17. The van der Waals surface area contributed by atoms with E-state index >= 15 is 0 Å². The van der Waals surface area contributed by atoms with Crippen LogP contribution in [0.5, 0.6) is 0 Å². The van der Waals surface area contributed by atoms with E-state index in [-0.39, 0.29) is 12.6 Å². The molecule has 0 bridgehead atoms. The molecule has 6 heteroatoms. The summed E-state index contributed by atoms with van der Waals surface area (Å²) >= 11 is 3.12. The summed E-state index contributed by atoms with van der Waals surface area (Å²) in [5.74, 6) is 0. The van der Waals surface area contributed by atoms with Crippen molar-refractivity contribution in [3.05, 3.63) is 28.2 Å². The summed E-state index contributed by atoms with van der Waals surface area (Å²) in [5.41, 5.74) is -0.0589. The number of alkyl halides is 3. The van der Waals surface area contributed by atoms with Crippen molar-refractivity contribution in [3.8, 4) is 0 Å². The number of benzene rings is 1. The van der Waals surface area contributed by atoms with Gasteiger partial charge >= 0.3 is 6.18 Å². The van der Waals surface area contributed by atoms with Gasteiger partial charge in [0.2, 0.25) is 0 Å². The number of nitrogens with one attached hydrogen (secondary N) is 1. The Morgan fingerprint density at radius 1 is 1.39 bits per heavy atom. The molecule has 18 heavy (non-hydrogen) atoms. The third-order valence-electron chi connectivity index (χ3n) is 2.49. The monoisotopic (exact) mass is 325 g/mol. The summed E-state index contributed by atoms with van der Waals surface area (Å²) in [5, 5.41) is 11.8. The molecule has 102 valence electrons. The first kappa shape index (κ1) is 15.3. The highest BCUT2D eigenvalue weighted by Crippen LogP contribution is 2.34. The Hall–Kier alpha value is -0.750. The molecule has 0 aliphatic heterocycles. The second-order valence-corrected chi connectivity index (χ2v) is 4.96. The van der Waals surface area contributed by atoms with E-state index in [0.717, 1.165) is 18.6 Å². The van der Waals surface area contributed by atoms with E-state index in [0.29, 0.717) is 16.6 Å². The number of hydrogen-bond donors (Lipinski definition) is 2. The average Bonchev–Trinajstić information content (AvgIpc) is 2.27. The van der Waals surface area contributed by atoms with Gasteiger partial charge in [-0.1, -0.05) is 0 Å². The lowest BCUT2D eigenvalue weighted by atomic mass is 10.1. The minimum atomic E-state index is -4.33. The van der Waals surface area contributed by atoms with Crippen LogP contribution in [0.3, 0.4) is 0 Å². The average molecular weight is 326 g/mol. The molecule has 0 fully saturated rings. The molecule has 0 radical (unpaired) electrons. The molecule has 1 aromatic rings. The zero-order valence-corrected chi connectivity index (χ0v) is 11.5. The molecule has 0 aromatic heterocycles. The van der Waals surface area contributed by atoms with Gasteiger partial charge in [-0.2, -0.15) is 13.2 Å². The third-order valence-corrected chi connectivity index (χ3v) is 3.15. The maximum atomic E-state index is 12.5. The van der Waals surface area contributed by atoms with Gasteiger partial charge in [0.1, 0.15) is 0 Å². The zero-order chi connectivity index (χ0) is 13.8. The minimum absolute atomic E-state index is 0.0881. The van der Waals surface area contributed by atoms with Crippen LogP contribution in [-0.4, -0.2) is 17.8 Å². The first-order valence-electron chi connectivity index (χ1n) is 5.58. The molecule has 2 N–H and O–H groups in total. The first-order chi connectivity index (χ1) is 8.34. The molecule has 1 rings (SSSR count). The van der Waals surface area contributed by atoms with Crippen molar-refractivity contribution in [2.75, 3.05) is 11.9 Å². The molecule has 0 saturated carbocycles. The summed E-state index contributed by atoms with van der Waals surface area (Å²) in [6.45, 7) is 2.03. The summed E-state index contributed by atoms with van der Waals surface area (Å²) in [7, 11) is 0. The van der Waals surface area contributed by atoms with Crippen LogP contribution in [0.2, 0.25) is 0 Å². The van der Waals surface area contributed by atoms with E-state index in [4.69, 9.17) is 5.11 Å². The maximum Gasteiger partial charge on any atom is 0.416 e. The van der Waals surface area contributed by atoms with E-state index in [2.05, 4.69) is 21.2 Å². The number of anilines is 1. The molecule has 0 aliphatic rings. The molecule has 0 aliphatic carbocycles. The topological polar surface area (TPSA) is 32.3 Å². The van der Waals surface area contributed by atoms with Crippen LogP contribution >= 0.6 is 15.9 Å². The van der Waals surface area contributed by atoms with Gasteiger partial charge in [-0.3, -0.25) is 0 Å². The van der Waals surface area contributed by atoms with E-state index in [1.807, 2.05) is 6.92 Å². The summed E-state index contributed by atoms with van der Waals surface area (Å²) < 4.78 is 37.8. The van der Waals surface area contributed by atoms with Gasteiger partial charge in [-0.25, -0.2) is 0 Å². The van der Waals surface area contributed by atoms with Crippen molar-refractivity contribution >= 4 is 21.6 Å². The van der Waals surface area contributed by atoms with Crippen molar-refractivity contribution in [2.45, 2.75) is 32.0 Å². The first-order valence-corrected chi connectivity index (χ1v) is 6.38. The van der Waals surface area contributed by atoms with Crippen molar-refractivity contribution in [1.82, 2.24) is 0 Å². The molecule has 1 aromatic carbocycles. The van der Waals surface area contributed by atoms with Crippen LogP contribution in [-0.2, 0) is 6.18 Å². The Morgan fingerprint density at radius 3 is 2.56 bits per heavy atom. The summed E-state index contributed by atoms with van der Waals surface area (Å²) in [6, 6.07) is 3.60. The lowest BCUT2D eigenvalue weighted by molar-refractivity contribution is -0.137. The van der Waals surface area contributed by atoms with Crippen LogP contribution in [0.15, 0.2) is 22.7 Å². The number of aliphatic hydroxyl groups excluding tert-OH is 1. The number of hydrogen-bond acceptors (Lipinski definition) is 2. The zero-order valence-electron chi connectivity index (χ0n) is 9.89. The van der Waals surface area contributed by atoms with E-state index < -0.39 is 11.7 Å². The van der Waals surface area contributed by atoms with Crippen LogP contribution in [0.4, 0.5) is 18.9 Å². The van der Waals surface area contributed by atoms with Gasteiger partial charge in [-0.15, -0.1) is 0 Å². The van der Waals surface area contributed by atoms with Gasteiger partial charge in [0.15, 0.2) is 0 Å². The SMILES string of the molecule is CC(CCCO)Nc1ccc(C(F)(F)F)cc1Br. The van der Waals surface area contributed by atoms with Gasteiger partial charge in [0, 0.05) is 22.8 Å². The largest absolute Gasteiger partial charge is 0.416 e. The molecule has 0 spiro atoms. The van der Waals surface area contributed by atoms with E-state index in [9.17, 15) is 13.2 Å². The summed E-state index contributed by atoms with van der Waals surface area (Å²) in [6.07, 6.45) is -2.92. The van der Waals surface area contributed by atoms with Gasteiger partial charge < -0.3 is 10.4 Å². The Labute approximate surface area is 112 Å². The Morgan fingerprint density at radius 2 is 2.06 bits per heavy atom. The van der Waals surface area contributed by atoms with E-state index in [1.54, 1.807) is 0 Å². The molecular formula is C12H15BrF3NO. The van der Waals surface area contributed by atoms with Crippen molar-refractivity contribution in [2.24, 2.45) is 0 Å². The molecule has 1 atom stereocenters.